The van der Waals surface area contributed by atoms with Crippen molar-refractivity contribution in [3.63, 3.8) is 0 Å². The van der Waals surface area contributed by atoms with Crippen LogP contribution in [0.1, 0.15) is 19.8 Å². The van der Waals surface area contributed by atoms with Gasteiger partial charge in [0.2, 0.25) is 5.91 Å². The molecule has 1 unspecified atom stereocenters. The molecule has 0 radical (unpaired) electrons. The van der Waals surface area contributed by atoms with Gasteiger partial charge in [0.15, 0.2) is 0 Å². The van der Waals surface area contributed by atoms with Crippen LogP contribution in [-0.4, -0.2) is 42.2 Å². The van der Waals surface area contributed by atoms with Crippen LogP contribution in [0.15, 0.2) is 23.1 Å². The Hall–Kier alpha value is -1.20. The molecule has 4 nitrogen and oxygen atoms in total. The summed E-state index contributed by atoms with van der Waals surface area (Å²) in [5, 5.41) is -0.0251. The van der Waals surface area contributed by atoms with Crippen LogP contribution >= 0.6 is 11.8 Å². The molecule has 2 aliphatic rings. The molecule has 1 aromatic rings. The van der Waals surface area contributed by atoms with E-state index in [0.717, 1.165) is 29.4 Å². The van der Waals surface area contributed by atoms with Gasteiger partial charge in [0.05, 0.1) is 10.9 Å². The number of hydrogen-bond donors (Lipinski definition) is 1. The predicted molar refractivity (Wildman–Crippen MR) is 84.2 cm³/mol. The van der Waals surface area contributed by atoms with E-state index < -0.39 is 0 Å². The number of nitrogen functional groups attached to an aromatic ring is 1. The standard InChI is InChI=1S/C15H21N3OS/c1-11-15(19)18(9-8-17-6-2-3-7-17)13-5-4-12(16)10-14(13)20-11/h4-5,10-11H,2-3,6-9,16H2,1H3. The number of anilines is 2. The minimum Gasteiger partial charge on any atom is -0.399 e. The molecular weight excluding hydrogens is 270 g/mol. The van der Waals surface area contributed by atoms with E-state index in [1.54, 1.807) is 11.8 Å². The highest BCUT2D eigenvalue weighted by atomic mass is 32.2. The maximum Gasteiger partial charge on any atom is 0.240 e. The average Bonchev–Trinajstić information content (AvgIpc) is 2.92. The molecule has 1 aromatic carbocycles. The second kappa shape index (κ2) is 5.66. The Bertz CT molecular complexity index is 514. The van der Waals surface area contributed by atoms with E-state index in [2.05, 4.69) is 4.90 Å². The summed E-state index contributed by atoms with van der Waals surface area (Å²) >= 11 is 1.61. The monoisotopic (exact) mass is 291 g/mol. The van der Waals surface area contributed by atoms with E-state index >= 15 is 0 Å². The molecule has 2 heterocycles. The van der Waals surface area contributed by atoms with Gasteiger partial charge in [-0.15, -0.1) is 11.8 Å². The maximum atomic E-state index is 12.4. The van der Waals surface area contributed by atoms with Crippen molar-refractivity contribution in [1.29, 1.82) is 0 Å². The van der Waals surface area contributed by atoms with Crippen LogP contribution in [0.4, 0.5) is 11.4 Å². The van der Waals surface area contributed by atoms with E-state index in [1.807, 2.05) is 30.0 Å². The zero-order chi connectivity index (χ0) is 14.1. The summed E-state index contributed by atoms with van der Waals surface area (Å²) in [4.78, 5) is 17.9. The van der Waals surface area contributed by atoms with E-state index in [9.17, 15) is 4.79 Å². The Labute approximate surface area is 124 Å². The van der Waals surface area contributed by atoms with E-state index in [-0.39, 0.29) is 11.2 Å². The van der Waals surface area contributed by atoms with Gasteiger partial charge in [-0.1, -0.05) is 0 Å². The fourth-order valence-electron chi connectivity index (χ4n) is 2.91. The Morgan fingerprint density at radius 1 is 1.30 bits per heavy atom. The number of likely N-dealkylation sites (tertiary alicyclic amines) is 1. The second-order valence-corrected chi connectivity index (χ2v) is 6.91. The van der Waals surface area contributed by atoms with Crippen LogP contribution in [-0.2, 0) is 4.79 Å². The summed E-state index contributed by atoms with van der Waals surface area (Å²) in [6.45, 7) is 6.05. The predicted octanol–water partition coefficient (Wildman–Crippen LogP) is 2.19. The van der Waals surface area contributed by atoms with Crippen molar-refractivity contribution in [2.45, 2.75) is 29.9 Å². The summed E-state index contributed by atoms with van der Waals surface area (Å²) in [5.41, 5.74) is 7.64. The first-order valence-electron chi connectivity index (χ1n) is 7.25. The first-order valence-corrected chi connectivity index (χ1v) is 8.13. The normalized spacial score (nSPS) is 23.1. The highest BCUT2D eigenvalue weighted by Gasteiger charge is 2.30. The van der Waals surface area contributed by atoms with Crippen LogP contribution in [0.5, 0.6) is 0 Å². The number of amides is 1. The molecule has 2 aliphatic heterocycles. The quantitative estimate of drug-likeness (QED) is 0.867. The molecule has 1 saturated heterocycles. The Morgan fingerprint density at radius 2 is 2.05 bits per heavy atom. The molecule has 1 amide bonds. The molecule has 108 valence electrons. The fraction of sp³-hybridized carbons (Fsp3) is 0.533. The molecule has 3 rings (SSSR count). The number of nitrogens with zero attached hydrogens (tertiary/aromatic N) is 2. The number of hydrogen-bond acceptors (Lipinski definition) is 4. The summed E-state index contributed by atoms with van der Waals surface area (Å²) in [7, 11) is 0. The van der Waals surface area contributed by atoms with Gasteiger partial charge >= 0.3 is 0 Å². The number of nitrogens with two attached hydrogens (primary N) is 1. The van der Waals surface area contributed by atoms with Crippen molar-refractivity contribution in [3.8, 4) is 0 Å². The number of rotatable bonds is 3. The van der Waals surface area contributed by atoms with Crippen molar-refractivity contribution >= 4 is 29.0 Å². The molecule has 1 fully saturated rings. The topological polar surface area (TPSA) is 49.6 Å². The number of fused-ring (bicyclic) bond motifs is 1. The summed E-state index contributed by atoms with van der Waals surface area (Å²) < 4.78 is 0. The van der Waals surface area contributed by atoms with Crippen LogP contribution in [0, 0.1) is 0 Å². The lowest BCUT2D eigenvalue weighted by atomic mass is 10.2. The first-order chi connectivity index (χ1) is 9.65. The zero-order valence-electron chi connectivity index (χ0n) is 11.8. The van der Waals surface area contributed by atoms with Gasteiger partial charge in [-0.3, -0.25) is 4.79 Å². The van der Waals surface area contributed by atoms with Gasteiger partial charge in [0.1, 0.15) is 0 Å². The summed E-state index contributed by atoms with van der Waals surface area (Å²) in [6, 6.07) is 5.84. The SMILES string of the molecule is CC1Sc2cc(N)ccc2N(CCN2CCCC2)C1=O. The molecule has 0 bridgehead atoms. The molecule has 0 spiro atoms. The second-order valence-electron chi connectivity index (χ2n) is 5.53. The number of carbonyl (C=O) groups is 1. The van der Waals surface area contributed by atoms with Crippen molar-refractivity contribution in [3.05, 3.63) is 18.2 Å². The Morgan fingerprint density at radius 3 is 2.80 bits per heavy atom. The van der Waals surface area contributed by atoms with Gasteiger partial charge < -0.3 is 15.5 Å². The van der Waals surface area contributed by atoms with Crippen LogP contribution in [0.2, 0.25) is 0 Å². The smallest absolute Gasteiger partial charge is 0.240 e. The third-order valence-corrected chi connectivity index (χ3v) is 5.17. The van der Waals surface area contributed by atoms with Crippen molar-refractivity contribution in [1.82, 2.24) is 4.90 Å². The maximum absolute atomic E-state index is 12.4. The van der Waals surface area contributed by atoms with Gasteiger partial charge in [0, 0.05) is 23.7 Å². The Kier molecular flexibility index (Phi) is 3.89. The van der Waals surface area contributed by atoms with Gasteiger partial charge in [-0.25, -0.2) is 0 Å². The van der Waals surface area contributed by atoms with E-state index in [4.69, 9.17) is 5.73 Å². The minimum absolute atomic E-state index is 0.0251. The molecule has 20 heavy (non-hydrogen) atoms. The molecule has 5 heteroatoms. The van der Waals surface area contributed by atoms with Crippen molar-refractivity contribution in [2.75, 3.05) is 36.8 Å². The first kappa shape index (κ1) is 13.8. The number of carbonyl (C=O) groups excluding carboxylic acids is 1. The summed E-state index contributed by atoms with van der Waals surface area (Å²) in [5.74, 6) is 0.214. The molecule has 0 saturated carbocycles. The van der Waals surface area contributed by atoms with Gasteiger partial charge in [0.25, 0.3) is 0 Å². The molecule has 0 aliphatic carbocycles. The lowest BCUT2D eigenvalue weighted by Crippen LogP contribution is -2.43. The van der Waals surface area contributed by atoms with Crippen LogP contribution in [0.25, 0.3) is 0 Å². The average molecular weight is 291 g/mol. The van der Waals surface area contributed by atoms with Gasteiger partial charge in [-0.2, -0.15) is 0 Å². The molecule has 1 atom stereocenters. The van der Waals surface area contributed by atoms with Crippen LogP contribution in [0.3, 0.4) is 0 Å². The van der Waals surface area contributed by atoms with E-state index in [1.165, 1.54) is 25.9 Å². The minimum atomic E-state index is -0.0251. The van der Waals surface area contributed by atoms with Crippen molar-refractivity contribution < 1.29 is 4.79 Å². The van der Waals surface area contributed by atoms with Crippen molar-refractivity contribution in [2.24, 2.45) is 0 Å². The van der Waals surface area contributed by atoms with Crippen LogP contribution < -0.4 is 10.6 Å². The zero-order valence-corrected chi connectivity index (χ0v) is 12.7. The third-order valence-electron chi connectivity index (χ3n) is 4.03. The summed E-state index contributed by atoms with van der Waals surface area (Å²) in [6.07, 6.45) is 2.57. The Balaban J connectivity index is 1.79. The van der Waals surface area contributed by atoms with Gasteiger partial charge in [-0.05, 0) is 51.1 Å². The van der Waals surface area contributed by atoms with E-state index in [0.29, 0.717) is 0 Å². The molecule has 0 aromatic heterocycles. The lowest BCUT2D eigenvalue weighted by molar-refractivity contribution is -0.118. The molecule has 2 N–H and O–H groups in total. The number of benzene rings is 1. The third kappa shape index (κ3) is 2.65. The lowest BCUT2D eigenvalue weighted by Gasteiger charge is -2.33. The largest absolute Gasteiger partial charge is 0.399 e. The highest BCUT2D eigenvalue weighted by molar-refractivity contribution is 8.01. The number of thioether (sulfide) groups is 1. The molecular formula is C15H21N3OS. The highest BCUT2D eigenvalue weighted by Crippen LogP contribution is 2.40. The fourth-order valence-corrected chi connectivity index (χ4v) is 4.02.